The zero-order chi connectivity index (χ0) is 18.7. The molecule has 3 nitrogen and oxygen atoms in total. The van der Waals surface area contributed by atoms with Crippen LogP contribution in [0.15, 0.2) is 59.5 Å². The van der Waals surface area contributed by atoms with Crippen LogP contribution in [0.2, 0.25) is 0 Å². The Morgan fingerprint density at radius 1 is 1.04 bits per heavy atom. The van der Waals surface area contributed by atoms with E-state index in [-0.39, 0.29) is 11.3 Å². The standard InChI is InChI=1S/C20H17F2NO2S/c1-23-11-14(4-8-20(23)24)16-9-13(12-26-2)3-6-18(16)25-19-7-5-15(21)10-17(19)22/h3-11H,12H2,1-2H3. The maximum absolute atomic E-state index is 14.0. The highest BCUT2D eigenvalue weighted by Gasteiger charge is 2.13. The summed E-state index contributed by atoms with van der Waals surface area (Å²) in [6.45, 7) is 0. The molecule has 3 rings (SSSR count). The van der Waals surface area contributed by atoms with E-state index in [0.717, 1.165) is 34.6 Å². The van der Waals surface area contributed by atoms with Crippen LogP contribution in [-0.2, 0) is 12.8 Å². The van der Waals surface area contributed by atoms with Crippen molar-refractivity contribution < 1.29 is 13.5 Å². The van der Waals surface area contributed by atoms with Crippen LogP contribution in [0, 0.1) is 11.6 Å². The molecule has 0 aliphatic carbocycles. The molecule has 3 aromatic rings. The minimum Gasteiger partial charge on any atom is -0.454 e. The maximum atomic E-state index is 14.0. The third-order valence-electron chi connectivity index (χ3n) is 3.87. The van der Waals surface area contributed by atoms with Crippen LogP contribution in [-0.4, -0.2) is 10.8 Å². The number of benzene rings is 2. The number of thioether (sulfide) groups is 1. The van der Waals surface area contributed by atoms with Gasteiger partial charge in [-0.1, -0.05) is 6.07 Å². The zero-order valence-corrected chi connectivity index (χ0v) is 15.1. The number of hydrogen-bond acceptors (Lipinski definition) is 3. The molecule has 0 atom stereocenters. The van der Waals surface area contributed by atoms with Crippen molar-refractivity contribution in [2.45, 2.75) is 5.75 Å². The van der Waals surface area contributed by atoms with Gasteiger partial charge in [0, 0.05) is 42.3 Å². The van der Waals surface area contributed by atoms with Gasteiger partial charge in [0.25, 0.3) is 0 Å². The first-order chi connectivity index (χ1) is 12.5. The van der Waals surface area contributed by atoms with Crippen LogP contribution in [0.25, 0.3) is 11.1 Å². The molecule has 0 radical (unpaired) electrons. The number of ether oxygens (including phenoxy) is 1. The molecule has 0 saturated heterocycles. The van der Waals surface area contributed by atoms with Gasteiger partial charge in [0.15, 0.2) is 11.6 Å². The molecule has 26 heavy (non-hydrogen) atoms. The van der Waals surface area contributed by atoms with Gasteiger partial charge in [0.05, 0.1) is 0 Å². The summed E-state index contributed by atoms with van der Waals surface area (Å²) in [6.07, 6.45) is 3.71. The first-order valence-electron chi connectivity index (χ1n) is 7.90. The van der Waals surface area contributed by atoms with Gasteiger partial charge in [-0.3, -0.25) is 4.79 Å². The van der Waals surface area contributed by atoms with Crippen LogP contribution in [0.3, 0.4) is 0 Å². The van der Waals surface area contributed by atoms with E-state index in [1.54, 1.807) is 37.1 Å². The lowest BCUT2D eigenvalue weighted by atomic mass is 10.0. The SMILES string of the molecule is CSCc1ccc(Oc2ccc(F)cc2F)c(-c2ccc(=O)n(C)c2)c1. The van der Waals surface area contributed by atoms with E-state index >= 15 is 0 Å². The Hall–Kier alpha value is -2.60. The molecule has 0 aliphatic heterocycles. The van der Waals surface area contributed by atoms with Gasteiger partial charge in [-0.2, -0.15) is 11.8 Å². The third-order valence-corrected chi connectivity index (χ3v) is 4.49. The minimum atomic E-state index is -0.774. The molecular formula is C20H17F2NO2S. The number of aromatic nitrogens is 1. The number of aryl methyl sites for hydroxylation is 1. The van der Waals surface area contributed by atoms with Crippen LogP contribution in [0.5, 0.6) is 11.5 Å². The van der Waals surface area contributed by atoms with Crippen molar-refractivity contribution in [2.24, 2.45) is 7.05 Å². The Morgan fingerprint density at radius 3 is 2.50 bits per heavy atom. The molecular weight excluding hydrogens is 356 g/mol. The number of nitrogens with zero attached hydrogens (tertiary/aromatic N) is 1. The molecule has 0 amide bonds. The molecule has 0 spiro atoms. The second-order valence-corrected chi connectivity index (χ2v) is 6.67. The monoisotopic (exact) mass is 373 g/mol. The number of halogens is 2. The van der Waals surface area contributed by atoms with Gasteiger partial charge in [-0.25, -0.2) is 8.78 Å². The van der Waals surface area contributed by atoms with E-state index in [1.807, 2.05) is 18.4 Å². The fraction of sp³-hybridized carbons (Fsp3) is 0.150. The van der Waals surface area contributed by atoms with Crippen molar-refractivity contribution in [3.8, 4) is 22.6 Å². The van der Waals surface area contributed by atoms with Gasteiger partial charge in [-0.05, 0) is 42.2 Å². The highest BCUT2D eigenvalue weighted by atomic mass is 32.2. The predicted octanol–water partition coefficient (Wildman–Crippen LogP) is 4.99. The molecule has 0 saturated carbocycles. The fourth-order valence-electron chi connectivity index (χ4n) is 2.58. The maximum Gasteiger partial charge on any atom is 0.250 e. The van der Waals surface area contributed by atoms with Crippen molar-refractivity contribution in [3.05, 3.63) is 82.3 Å². The van der Waals surface area contributed by atoms with E-state index in [9.17, 15) is 13.6 Å². The normalized spacial score (nSPS) is 10.8. The second-order valence-electron chi connectivity index (χ2n) is 5.81. The van der Waals surface area contributed by atoms with E-state index in [0.29, 0.717) is 5.75 Å². The molecule has 134 valence electrons. The van der Waals surface area contributed by atoms with Crippen LogP contribution in [0.1, 0.15) is 5.56 Å². The topological polar surface area (TPSA) is 31.2 Å². The Kier molecular flexibility index (Phi) is 5.42. The quantitative estimate of drug-likeness (QED) is 0.632. The van der Waals surface area contributed by atoms with Gasteiger partial charge < -0.3 is 9.30 Å². The molecule has 0 N–H and O–H groups in total. The summed E-state index contributed by atoms with van der Waals surface area (Å²) in [6, 6.07) is 12.0. The van der Waals surface area contributed by atoms with Gasteiger partial charge >= 0.3 is 0 Å². The molecule has 0 aliphatic rings. The van der Waals surface area contributed by atoms with E-state index < -0.39 is 11.6 Å². The van der Waals surface area contributed by atoms with E-state index in [4.69, 9.17) is 4.74 Å². The van der Waals surface area contributed by atoms with Gasteiger partial charge in [0.2, 0.25) is 5.56 Å². The Labute approximate surface area is 154 Å². The molecule has 0 fully saturated rings. The molecule has 1 heterocycles. The molecule has 0 unspecified atom stereocenters. The average molecular weight is 373 g/mol. The first-order valence-corrected chi connectivity index (χ1v) is 9.29. The largest absolute Gasteiger partial charge is 0.454 e. The Morgan fingerprint density at radius 2 is 1.81 bits per heavy atom. The van der Waals surface area contributed by atoms with Crippen molar-refractivity contribution in [1.29, 1.82) is 0 Å². The molecule has 0 bridgehead atoms. The highest BCUT2D eigenvalue weighted by molar-refractivity contribution is 7.97. The molecule has 2 aromatic carbocycles. The van der Waals surface area contributed by atoms with Crippen LogP contribution < -0.4 is 10.3 Å². The van der Waals surface area contributed by atoms with Crippen molar-refractivity contribution in [1.82, 2.24) is 4.57 Å². The van der Waals surface area contributed by atoms with Crippen molar-refractivity contribution >= 4 is 11.8 Å². The third kappa shape index (κ3) is 3.96. The van der Waals surface area contributed by atoms with Crippen LogP contribution >= 0.6 is 11.8 Å². The smallest absolute Gasteiger partial charge is 0.250 e. The predicted molar refractivity (Wildman–Crippen MR) is 101 cm³/mol. The zero-order valence-electron chi connectivity index (χ0n) is 14.3. The summed E-state index contributed by atoms with van der Waals surface area (Å²) in [5.41, 5.74) is 2.46. The van der Waals surface area contributed by atoms with Crippen LogP contribution in [0.4, 0.5) is 8.78 Å². The molecule has 6 heteroatoms. The Bertz CT molecular complexity index is 1000. The summed E-state index contributed by atoms with van der Waals surface area (Å²) in [5.74, 6) is -0.258. The van der Waals surface area contributed by atoms with Gasteiger partial charge in [0.1, 0.15) is 11.6 Å². The van der Waals surface area contributed by atoms with E-state index in [2.05, 4.69) is 0 Å². The number of hydrogen-bond donors (Lipinski definition) is 0. The number of pyridine rings is 1. The lowest BCUT2D eigenvalue weighted by Gasteiger charge is -2.14. The lowest BCUT2D eigenvalue weighted by molar-refractivity contribution is 0.439. The van der Waals surface area contributed by atoms with Gasteiger partial charge in [-0.15, -0.1) is 0 Å². The Balaban J connectivity index is 2.08. The highest BCUT2D eigenvalue weighted by Crippen LogP contribution is 2.35. The first kappa shape index (κ1) is 18.2. The van der Waals surface area contributed by atoms with Crippen molar-refractivity contribution in [2.75, 3.05) is 6.26 Å². The lowest BCUT2D eigenvalue weighted by Crippen LogP contribution is -2.14. The summed E-state index contributed by atoms with van der Waals surface area (Å²) in [5, 5.41) is 0. The molecule has 1 aromatic heterocycles. The second kappa shape index (κ2) is 7.74. The summed E-state index contributed by atoms with van der Waals surface area (Å²) in [4.78, 5) is 11.7. The number of rotatable bonds is 5. The summed E-state index contributed by atoms with van der Waals surface area (Å²) < 4.78 is 34.3. The minimum absolute atomic E-state index is 0.0601. The summed E-state index contributed by atoms with van der Waals surface area (Å²) in [7, 11) is 1.66. The fourth-order valence-corrected chi connectivity index (χ4v) is 3.09. The average Bonchev–Trinajstić information content (AvgIpc) is 2.61. The van der Waals surface area contributed by atoms with E-state index in [1.165, 1.54) is 16.7 Å². The summed E-state index contributed by atoms with van der Waals surface area (Å²) >= 11 is 1.68. The van der Waals surface area contributed by atoms with Crippen molar-refractivity contribution in [3.63, 3.8) is 0 Å².